The van der Waals surface area contributed by atoms with Gasteiger partial charge in [-0.2, -0.15) is 0 Å². The van der Waals surface area contributed by atoms with Crippen molar-refractivity contribution in [1.82, 2.24) is 0 Å². The fraction of sp³-hybridized carbons (Fsp3) is 0.176. The van der Waals surface area contributed by atoms with E-state index in [9.17, 15) is 9.59 Å². The average Bonchev–Trinajstić information content (AvgIpc) is 2.46. The summed E-state index contributed by atoms with van der Waals surface area (Å²) in [6.07, 6.45) is 0.489. The van der Waals surface area contributed by atoms with Crippen molar-refractivity contribution in [3.05, 3.63) is 59.7 Å². The van der Waals surface area contributed by atoms with Gasteiger partial charge in [0.25, 0.3) is 0 Å². The van der Waals surface area contributed by atoms with Crippen LogP contribution in [0.15, 0.2) is 48.5 Å². The number of Topliss-reactive ketones (excluding diaryl/α,β-unsaturated/α-hetero) is 2. The quantitative estimate of drug-likeness (QED) is 0.766. The van der Waals surface area contributed by atoms with Crippen molar-refractivity contribution in [3.8, 4) is 11.1 Å². The molecule has 0 fully saturated rings. The number of rotatable bonds is 4. The highest BCUT2D eigenvalue weighted by molar-refractivity contribution is 6.02. The number of hydrogen-bond acceptors (Lipinski definition) is 2. The molecule has 0 heterocycles. The lowest BCUT2D eigenvalue weighted by molar-refractivity contribution is 0.0986. The van der Waals surface area contributed by atoms with Gasteiger partial charge in [0.2, 0.25) is 0 Å². The summed E-state index contributed by atoms with van der Waals surface area (Å²) in [6, 6.07) is 14.9. The van der Waals surface area contributed by atoms with Crippen molar-refractivity contribution < 1.29 is 9.59 Å². The maximum atomic E-state index is 11.9. The normalized spacial score (nSPS) is 10.2. The lowest BCUT2D eigenvalue weighted by Gasteiger charge is -2.08. The predicted octanol–water partition coefficient (Wildman–Crippen LogP) is 4.15. The summed E-state index contributed by atoms with van der Waals surface area (Å²) in [5.74, 6) is 0.177. The van der Waals surface area contributed by atoms with Crippen LogP contribution in [0.1, 0.15) is 41.0 Å². The van der Waals surface area contributed by atoms with Crippen molar-refractivity contribution in [1.29, 1.82) is 0 Å². The molecular formula is C17H16O2. The maximum Gasteiger partial charge on any atom is 0.163 e. The molecule has 19 heavy (non-hydrogen) atoms. The van der Waals surface area contributed by atoms with Gasteiger partial charge < -0.3 is 0 Å². The minimum Gasteiger partial charge on any atom is -0.295 e. The van der Waals surface area contributed by atoms with E-state index in [0.717, 1.165) is 16.7 Å². The molecule has 0 N–H and O–H groups in total. The molecule has 0 unspecified atom stereocenters. The zero-order chi connectivity index (χ0) is 13.8. The van der Waals surface area contributed by atoms with Gasteiger partial charge in [-0.25, -0.2) is 0 Å². The van der Waals surface area contributed by atoms with Gasteiger partial charge in [-0.3, -0.25) is 9.59 Å². The standard InChI is InChI=1S/C17H16O2/c1-3-17(19)16-7-5-4-6-15(16)14-10-8-13(9-11-14)12(2)18/h4-11H,3H2,1-2H3. The molecule has 2 rings (SSSR count). The summed E-state index contributed by atoms with van der Waals surface area (Å²) in [5, 5.41) is 0. The van der Waals surface area contributed by atoms with E-state index in [1.807, 2.05) is 43.3 Å². The van der Waals surface area contributed by atoms with Gasteiger partial charge in [-0.1, -0.05) is 55.5 Å². The summed E-state index contributed by atoms with van der Waals surface area (Å²) >= 11 is 0. The van der Waals surface area contributed by atoms with E-state index >= 15 is 0 Å². The van der Waals surface area contributed by atoms with Gasteiger partial charge in [-0.15, -0.1) is 0 Å². The van der Waals surface area contributed by atoms with Crippen LogP contribution in [0.25, 0.3) is 11.1 Å². The number of carbonyl (C=O) groups excluding carboxylic acids is 2. The Hall–Kier alpha value is -2.22. The largest absolute Gasteiger partial charge is 0.295 e. The second kappa shape index (κ2) is 5.61. The molecule has 2 nitrogen and oxygen atoms in total. The summed E-state index contributed by atoms with van der Waals surface area (Å²) in [4.78, 5) is 23.2. The Morgan fingerprint density at radius 1 is 0.947 bits per heavy atom. The van der Waals surface area contributed by atoms with Crippen LogP contribution in [0.2, 0.25) is 0 Å². The Morgan fingerprint density at radius 2 is 1.58 bits per heavy atom. The van der Waals surface area contributed by atoms with Crippen LogP contribution in [0.3, 0.4) is 0 Å². The van der Waals surface area contributed by atoms with Crippen molar-refractivity contribution in [2.45, 2.75) is 20.3 Å². The Bertz CT molecular complexity index is 609. The van der Waals surface area contributed by atoms with Gasteiger partial charge in [0.15, 0.2) is 11.6 Å². The number of carbonyl (C=O) groups is 2. The van der Waals surface area contributed by atoms with Crippen molar-refractivity contribution >= 4 is 11.6 Å². The van der Waals surface area contributed by atoms with Crippen molar-refractivity contribution in [2.24, 2.45) is 0 Å². The number of ketones is 2. The lowest BCUT2D eigenvalue weighted by Crippen LogP contribution is -1.99. The topological polar surface area (TPSA) is 34.1 Å². The van der Waals surface area contributed by atoms with Crippen LogP contribution in [0.5, 0.6) is 0 Å². The molecule has 0 aliphatic carbocycles. The highest BCUT2D eigenvalue weighted by Gasteiger charge is 2.10. The van der Waals surface area contributed by atoms with E-state index in [1.54, 1.807) is 19.1 Å². The average molecular weight is 252 g/mol. The Balaban J connectivity index is 2.47. The smallest absolute Gasteiger partial charge is 0.163 e. The Labute approximate surface area is 113 Å². The van der Waals surface area contributed by atoms with E-state index in [4.69, 9.17) is 0 Å². The van der Waals surface area contributed by atoms with E-state index in [-0.39, 0.29) is 11.6 Å². The van der Waals surface area contributed by atoms with E-state index in [1.165, 1.54) is 0 Å². The Morgan fingerprint density at radius 3 is 2.16 bits per heavy atom. The van der Waals surface area contributed by atoms with Crippen LogP contribution < -0.4 is 0 Å². The fourth-order valence-corrected chi connectivity index (χ4v) is 2.05. The molecule has 0 spiro atoms. The molecule has 0 saturated heterocycles. The molecule has 0 amide bonds. The third kappa shape index (κ3) is 2.79. The summed E-state index contributed by atoms with van der Waals surface area (Å²) in [7, 11) is 0. The van der Waals surface area contributed by atoms with Crippen LogP contribution >= 0.6 is 0 Å². The fourth-order valence-electron chi connectivity index (χ4n) is 2.05. The minimum atomic E-state index is 0.0458. The summed E-state index contributed by atoms with van der Waals surface area (Å²) in [5.41, 5.74) is 3.30. The van der Waals surface area contributed by atoms with E-state index in [2.05, 4.69) is 0 Å². The number of hydrogen-bond donors (Lipinski definition) is 0. The second-order valence-corrected chi connectivity index (χ2v) is 4.46. The molecule has 0 aliphatic rings. The molecule has 0 bridgehead atoms. The molecule has 0 radical (unpaired) electrons. The van der Waals surface area contributed by atoms with Gasteiger partial charge in [0, 0.05) is 17.5 Å². The molecule has 0 saturated carbocycles. The molecule has 2 heteroatoms. The van der Waals surface area contributed by atoms with Gasteiger partial charge in [0.1, 0.15) is 0 Å². The van der Waals surface area contributed by atoms with Crippen LogP contribution in [-0.2, 0) is 0 Å². The van der Waals surface area contributed by atoms with Crippen LogP contribution in [0.4, 0.5) is 0 Å². The molecule has 0 aromatic heterocycles. The molecule has 2 aromatic rings. The second-order valence-electron chi connectivity index (χ2n) is 4.46. The first-order chi connectivity index (χ1) is 9.13. The Kier molecular flexibility index (Phi) is 3.91. The predicted molar refractivity (Wildman–Crippen MR) is 76.5 cm³/mol. The summed E-state index contributed by atoms with van der Waals surface area (Å²) < 4.78 is 0. The lowest BCUT2D eigenvalue weighted by atomic mass is 9.95. The zero-order valence-corrected chi connectivity index (χ0v) is 11.1. The third-order valence-corrected chi connectivity index (χ3v) is 3.15. The van der Waals surface area contributed by atoms with E-state index in [0.29, 0.717) is 12.0 Å². The highest BCUT2D eigenvalue weighted by atomic mass is 16.1. The van der Waals surface area contributed by atoms with Crippen molar-refractivity contribution in [2.75, 3.05) is 0 Å². The molecule has 0 atom stereocenters. The molecule has 96 valence electrons. The van der Waals surface area contributed by atoms with Gasteiger partial charge in [0.05, 0.1) is 0 Å². The first-order valence-electron chi connectivity index (χ1n) is 6.37. The SMILES string of the molecule is CCC(=O)c1ccccc1-c1ccc(C(C)=O)cc1. The first-order valence-corrected chi connectivity index (χ1v) is 6.37. The summed E-state index contributed by atoms with van der Waals surface area (Å²) in [6.45, 7) is 3.40. The monoisotopic (exact) mass is 252 g/mol. The molecule has 2 aromatic carbocycles. The first kappa shape index (κ1) is 13.2. The maximum absolute atomic E-state index is 11.9. The zero-order valence-electron chi connectivity index (χ0n) is 11.1. The minimum absolute atomic E-state index is 0.0458. The van der Waals surface area contributed by atoms with Crippen LogP contribution in [0, 0.1) is 0 Å². The van der Waals surface area contributed by atoms with E-state index < -0.39 is 0 Å². The molecular weight excluding hydrogens is 236 g/mol. The third-order valence-electron chi connectivity index (χ3n) is 3.15. The van der Waals surface area contributed by atoms with Gasteiger partial charge in [-0.05, 0) is 18.1 Å². The number of benzene rings is 2. The van der Waals surface area contributed by atoms with Crippen molar-refractivity contribution in [3.63, 3.8) is 0 Å². The molecule has 0 aliphatic heterocycles. The van der Waals surface area contributed by atoms with Gasteiger partial charge >= 0.3 is 0 Å². The highest BCUT2D eigenvalue weighted by Crippen LogP contribution is 2.25. The van der Waals surface area contributed by atoms with Crippen LogP contribution in [-0.4, -0.2) is 11.6 Å².